The summed E-state index contributed by atoms with van der Waals surface area (Å²) in [6.45, 7) is 2.43. The fourth-order valence-electron chi connectivity index (χ4n) is 2.61. The fraction of sp³-hybridized carbons (Fsp3) is 0.900. The van der Waals surface area contributed by atoms with E-state index in [0.717, 1.165) is 77.0 Å². The number of hydrogen-bond donors (Lipinski definition) is 2. The Balaban J connectivity index is 3.21. The second kappa shape index (κ2) is 20.2. The van der Waals surface area contributed by atoms with E-state index in [1.54, 1.807) is 0 Å². The topological polar surface area (TPSA) is 105 Å². The van der Waals surface area contributed by atoms with Crippen molar-refractivity contribution in [2.75, 3.05) is 26.3 Å². The predicted octanol–water partition coefficient (Wildman–Crippen LogP) is 3.45. The smallest absolute Gasteiger partial charge is 0.305 e. The van der Waals surface area contributed by atoms with Crippen molar-refractivity contribution in [1.82, 2.24) is 0 Å². The third kappa shape index (κ3) is 19.2. The molecule has 0 spiro atoms. The van der Waals surface area contributed by atoms with Crippen molar-refractivity contribution < 1.29 is 19.1 Å². The van der Waals surface area contributed by atoms with Gasteiger partial charge in [0, 0.05) is 12.8 Å². The first-order valence-corrected chi connectivity index (χ1v) is 10.4. The molecule has 0 atom stereocenters. The lowest BCUT2D eigenvalue weighted by molar-refractivity contribution is -0.144. The van der Waals surface area contributed by atoms with Gasteiger partial charge < -0.3 is 20.9 Å². The molecule has 26 heavy (non-hydrogen) atoms. The van der Waals surface area contributed by atoms with E-state index in [2.05, 4.69) is 0 Å². The number of carbonyl (C=O) groups is 2. The van der Waals surface area contributed by atoms with Crippen LogP contribution < -0.4 is 11.5 Å². The zero-order valence-corrected chi connectivity index (χ0v) is 16.5. The van der Waals surface area contributed by atoms with Gasteiger partial charge in [-0.1, -0.05) is 38.5 Å². The Morgan fingerprint density at radius 3 is 1.23 bits per heavy atom. The lowest BCUT2D eigenvalue weighted by Crippen LogP contribution is -2.06. The Bertz CT molecular complexity index is 306. The molecule has 0 fully saturated rings. The number of ether oxygens (including phenoxy) is 2. The lowest BCUT2D eigenvalue weighted by atomic mass is 10.1. The number of esters is 2. The van der Waals surface area contributed by atoms with Crippen LogP contribution in [0.2, 0.25) is 0 Å². The quantitative estimate of drug-likeness (QED) is 0.266. The fourth-order valence-corrected chi connectivity index (χ4v) is 2.61. The van der Waals surface area contributed by atoms with Crippen LogP contribution >= 0.6 is 0 Å². The van der Waals surface area contributed by atoms with Crippen molar-refractivity contribution in [3.05, 3.63) is 0 Å². The highest BCUT2D eigenvalue weighted by molar-refractivity contribution is 5.69. The van der Waals surface area contributed by atoms with Crippen LogP contribution in [0.15, 0.2) is 0 Å². The van der Waals surface area contributed by atoms with Crippen LogP contribution in [-0.2, 0) is 19.1 Å². The van der Waals surface area contributed by atoms with E-state index < -0.39 is 0 Å². The molecule has 6 heteroatoms. The second-order valence-corrected chi connectivity index (χ2v) is 6.76. The maximum atomic E-state index is 11.5. The molecule has 0 saturated carbocycles. The molecule has 0 heterocycles. The van der Waals surface area contributed by atoms with E-state index in [1.807, 2.05) is 0 Å². The standard InChI is InChI=1S/C20H40N2O4/c21-15-9-5-7-13-19(23)25-17-11-3-1-2-4-12-18-26-20(24)14-8-6-10-16-22/h1-18,21-22H2. The van der Waals surface area contributed by atoms with Gasteiger partial charge in [0.2, 0.25) is 0 Å². The molecule has 0 aliphatic rings. The molecule has 0 radical (unpaired) electrons. The molecule has 0 saturated heterocycles. The van der Waals surface area contributed by atoms with Gasteiger partial charge >= 0.3 is 11.9 Å². The van der Waals surface area contributed by atoms with E-state index >= 15 is 0 Å². The molecule has 0 aliphatic heterocycles. The molecule has 6 nitrogen and oxygen atoms in total. The Morgan fingerprint density at radius 1 is 0.500 bits per heavy atom. The maximum absolute atomic E-state index is 11.5. The van der Waals surface area contributed by atoms with Gasteiger partial charge in [-0.05, 0) is 51.6 Å². The minimum atomic E-state index is -0.0909. The SMILES string of the molecule is NCCCCCC(=O)OCCCCCCCCOC(=O)CCCCCN. The Labute approximate surface area is 159 Å². The summed E-state index contributed by atoms with van der Waals surface area (Å²) in [5, 5.41) is 0. The minimum absolute atomic E-state index is 0.0909. The van der Waals surface area contributed by atoms with Crippen LogP contribution in [0.4, 0.5) is 0 Å². The molecule has 0 aromatic heterocycles. The zero-order valence-electron chi connectivity index (χ0n) is 16.5. The molecule has 0 aliphatic carbocycles. The van der Waals surface area contributed by atoms with Gasteiger partial charge in [-0.25, -0.2) is 0 Å². The summed E-state index contributed by atoms with van der Waals surface area (Å²) >= 11 is 0. The van der Waals surface area contributed by atoms with Gasteiger partial charge in [-0.15, -0.1) is 0 Å². The number of hydrogen-bond acceptors (Lipinski definition) is 6. The molecule has 0 aromatic carbocycles. The number of rotatable bonds is 19. The molecular formula is C20H40N2O4. The first-order chi connectivity index (χ1) is 12.7. The number of unbranched alkanes of at least 4 members (excludes halogenated alkanes) is 9. The third-order valence-corrected chi connectivity index (χ3v) is 4.23. The molecule has 0 amide bonds. The van der Waals surface area contributed by atoms with E-state index in [-0.39, 0.29) is 11.9 Å². The van der Waals surface area contributed by atoms with E-state index in [9.17, 15) is 9.59 Å². The highest BCUT2D eigenvalue weighted by Crippen LogP contribution is 2.07. The van der Waals surface area contributed by atoms with E-state index in [1.165, 1.54) is 0 Å². The first-order valence-electron chi connectivity index (χ1n) is 10.4. The lowest BCUT2D eigenvalue weighted by Gasteiger charge is -2.06. The highest BCUT2D eigenvalue weighted by atomic mass is 16.5. The van der Waals surface area contributed by atoms with Crippen molar-refractivity contribution in [2.45, 2.75) is 89.9 Å². The van der Waals surface area contributed by atoms with Crippen LogP contribution in [0.5, 0.6) is 0 Å². The van der Waals surface area contributed by atoms with Crippen molar-refractivity contribution >= 4 is 11.9 Å². The average Bonchev–Trinajstić information content (AvgIpc) is 2.64. The predicted molar refractivity (Wildman–Crippen MR) is 105 cm³/mol. The van der Waals surface area contributed by atoms with Crippen molar-refractivity contribution in [2.24, 2.45) is 11.5 Å². The van der Waals surface area contributed by atoms with Crippen LogP contribution in [-0.4, -0.2) is 38.2 Å². The molecule has 0 bridgehead atoms. The molecule has 4 N–H and O–H groups in total. The second-order valence-electron chi connectivity index (χ2n) is 6.76. The Morgan fingerprint density at radius 2 is 0.846 bits per heavy atom. The van der Waals surface area contributed by atoms with Gasteiger partial charge in [0.05, 0.1) is 13.2 Å². The molecule has 154 valence electrons. The van der Waals surface area contributed by atoms with Gasteiger partial charge in [-0.2, -0.15) is 0 Å². The van der Waals surface area contributed by atoms with Crippen LogP contribution in [0, 0.1) is 0 Å². The van der Waals surface area contributed by atoms with Crippen molar-refractivity contribution in [3.63, 3.8) is 0 Å². The van der Waals surface area contributed by atoms with Gasteiger partial charge in [0.15, 0.2) is 0 Å². The minimum Gasteiger partial charge on any atom is -0.466 e. The molecule has 0 aromatic rings. The number of carbonyl (C=O) groups excluding carboxylic acids is 2. The summed E-state index contributed by atoms with van der Waals surface area (Å²) in [6, 6.07) is 0. The van der Waals surface area contributed by atoms with Crippen LogP contribution in [0.1, 0.15) is 89.9 Å². The summed E-state index contributed by atoms with van der Waals surface area (Å²) < 4.78 is 10.4. The molecule has 0 unspecified atom stereocenters. The third-order valence-electron chi connectivity index (χ3n) is 4.23. The number of nitrogens with two attached hydrogens (primary N) is 2. The summed E-state index contributed by atoms with van der Waals surface area (Å²) in [7, 11) is 0. The largest absolute Gasteiger partial charge is 0.466 e. The van der Waals surface area contributed by atoms with Crippen molar-refractivity contribution in [3.8, 4) is 0 Å². The van der Waals surface area contributed by atoms with Gasteiger partial charge in [0.25, 0.3) is 0 Å². The maximum Gasteiger partial charge on any atom is 0.305 e. The summed E-state index contributed by atoms with van der Waals surface area (Å²) in [5.41, 5.74) is 10.8. The zero-order chi connectivity index (χ0) is 19.3. The molecular weight excluding hydrogens is 332 g/mol. The highest BCUT2D eigenvalue weighted by Gasteiger charge is 2.03. The normalized spacial score (nSPS) is 10.7. The Kier molecular flexibility index (Phi) is 19.3. The van der Waals surface area contributed by atoms with E-state index in [4.69, 9.17) is 20.9 Å². The first kappa shape index (κ1) is 24.9. The van der Waals surface area contributed by atoms with Crippen LogP contribution in [0.25, 0.3) is 0 Å². The Hall–Kier alpha value is -1.14. The van der Waals surface area contributed by atoms with E-state index in [0.29, 0.717) is 39.1 Å². The summed E-state index contributed by atoms with van der Waals surface area (Å²) in [6.07, 6.45) is 12.9. The van der Waals surface area contributed by atoms with Crippen molar-refractivity contribution in [1.29, 1.82) is 0 Å². The van der Waals surface area contributed by atoms with Crippen LogP contribution in [0.3, 0.4) is 0 Å². The average molecular weight is 373 g/mol. The van der Waals surface area contributed by atoms with Gasteiger partial charge in [0.1, 0.15) is 0 Å². The monoisotopic (exact) mass is 372 g/mol. The summed E-state index contributed by atoms with van der Waals surface area (Å²) in [5.74, 6) is -0.182. The van der Waals surface area contributed by atoms with Gasteiger partial charge in [-0.3, -0.25) is 9.59 Å². The molecule has 0 rings (SSSR count). The summed E-state index contributed by atoms with van der Waals surface area (Å²) in [4.78, 5) is 22.9.